The highest BCUT2D eigenvalue weighted by molar-refractivity contribution is 6.07. The number of nitrogens with one attached hydrogen (secondary N) is 1. The lowest BCUT2D eigenvalue weighted by Gasteiger charge is -2.10. The van der Waals surface area contributed by atoms with Crippen molar-refractivity contribution in [2.75, 3.05) is 14.2 Å². The summed E-state index contributed by atoms with van der Waals surface area (Å²) in [6.45, 7) is 0. The number of rotatable bonds is 6. The number of benzene rings is 2. The molecule has 0 spiro atoms. The molecule has 0 aliphatic rings. The van der Waals surface area contributed by atoms with Gasteiger partial charge in [-0.25, -0.2) is 10.4 Å². The van der Waals surface area contributed by atoms with Crippen LogP contribution in [0.5, 0.6) is 11.5 Å². The van der Waals surface area contributed by atoms with Crippen LogP contribution in [-0.4, -0.2) is 36.3 Å². The third-order valence-corrected chi connectivity index (χ3v) is 4.72. The van der Waals surface area contributed by atoms with E-state index in [2.05, 4.69) is 20.5 Å². The molecular weight excluding hydrogens is 392 g/mol. The van der Waals surface area contributed by atoms with Crippen molar-refractivity contribution < 1.29 is 14.3 Å². The largest absolute Gasteiger partial charge is 0.493 e. The van der Waals surface area contributed by atoms with Gasteiger partial charge in [0, 0.05) is 28.9 Å². The number of hydrazone groups is 1. The van der Waals surface area contributed by atoms with E-state index < -0.39 is 0 Å². The molecule has 7 nitrogen and oxygen atoms in total. The molecule has 0 saturated carbocycles. The predicted octanol–water partition coefficient (Wildman–Crippen LogP) is 4.08. The number of amides is 1. The van der Waals surface area contributed by atoms with Gasteiger partial charge in [0.1, 0.15) is 0 Å². The van der Waals surface area contributed by atoms with Gasteiger partial charge in [0.15, 0.2) is 11.5 Å². The lowest BCUT2D eigenvalue weighted by Crippen LogP contribution is -2.18. The summed E-state index contributed by atoms with van der Waals surface area (Å²) in [4.78, 5) is 21.8. The van der Waals surface area contributed by atoms with Crippen LogP contribution in [0.2, 0.25) is 0 Å². The number of carbonyl (C=O) groups excluding carboxylic acids is 1. The lowest BCUT2D eigenvalue weighted by atomic mass is 10.0. The van der Waals surface area contributed by atoms with Crippen molar-refractivity contribution in [3.8, 4) is 22.8 Å². The van der Waals surface area contributed by atoms with Crippen molar-refractivity contribution in [1.29, 1.82) is 0 Å². The Hall–Kier alpha value is -4.26. The van der Waals surface area contributed by atoms with E-state index in [1.165, 1.54) is 6.21 Å². The van der Waals surface area contributed by atoms with E-state index in [9.17, 15) is 4.79 Å². The molecule has 0 saturated heterocycles. The molecule has 4 aromatic rings. The maximum Gasteiger partial charge on any atom is 0.272 e. The van der Waals surface area contributed by atoms with E-state index in [1.807, 2.05) is 48.5 Å². The van der Waals surface area contributed by atoms with E-state index in [0.717, 1.165) is 10.9 Å². The van der Waals surface area contributed by atoms with E-state index in [-0.39, 0.29) is 5.91 Å². The van der Waals surface area contributed by atoms with Gasteiger partial charge in [-0.1, -0.05) is 24.3 Å². The number of nitrogens with zero attached hydrogens (tertiary/aromatic N) is 3. The maximum absolute atomic E-state index is 13.0. The molecule has 154 valence electrons. The maximum atomic E-state index is 13.0. The molecule has 4 rings (SSSR count). The molecule has 0 radical (unpaired) electrons. The molecular formula is C24H20N4O3. The van der Waals surface area contributed by atoms with Crippen molar-refractivity contribution in [2.24, 2.45) is 5.10 Å². The highest BCUT2D eigenvalue weighted by Crippen LogP contribution is 2.29. The molecule has 2 heterocycles. The highest BCUT2D eigenvalue weighted by atomic mass is 16.5. The molecule has 0 aliphatic carbocycles. The first-order valence-corrected chi connectivity index (χ1v) is 9.56. The Labute approximate surface area is 179 Å². The van der Waals surface area contributed by atoms with Gasteiger partial charge in [-0.15, -0.1) is 0 Å². The minimum Gasteiger partial charge on any atom is -0.493 e. The highest BCUT2D eigenvalue weighted by Gasteiger charge is 2.14. The number of para-hydroxylation sites is 2. The molecule has 1 N–H and O–H groups in total. The second kappa shape index (κ2) is 9.04. The van der Waals surface area contributed by atoms with Crippen LogP contribution in [0.25, 0.3) is 22.2 Å². The van der Waals surface area contributed by atoms with E-state index in [4.69, 9.17) is 9.47 Å². The topological polar surface area (TPSA) is 85.7 Å². The zero-order valence-electron chi connectivity index (χ0n) is 17.1. The van der Waals surface area contributed by atoms with Gasteiger partial charge in [-0.2, -0.15) is 5.10 Å². The number of pyridine rings is 2. The third kappa shape index (κ3) is 4.20. The van der Waals surface area contributed by atoms with Gasteiger partial charge in [0.2, 0.25) is 0 Å². The number of carbonyl (C=O) groups is 1. The fraction of sp³-hybridized carbons (Fsp3) is 0.0833. The van der Waals surface area contributed by atoms with Gasteiger partial charge in [0.05, 0.1) is 37.2 Å². The number of fused-ring (bicyclic) bond motifs is 1. The van der Waals surface area contributed by atoms with Crippen molar-refractivity contribution >= 4 is 23.0 Å². The quantitative estimate of drug-likeness (QED) is 0.381. The van der Waals surface area contributed by atoms with Crippen molar-refractivity contribution in [3.05, 3.63) is 84.2 Å². The minimum atomic E-state index is -0.346. The number of methoxy groups -OCH3 is 2. The molecule has 0 bridgehead atoms. The molecule has 0 unspecified atom stereocenters. The number of hydrogen-bond donors (Lipinski definition) is 1. The monoisotopic (exact) mass is 412 g/mol. The second-order valence-electron chi connectivity index (χ2n) is 6.60. The second-order valence-corrected chi connectivity index (χ2v) is 6.60. The fourth-order valence-corrected chi connectivity index (χ4v) is 3.26. The first-order chi connectivity index (χ1) is 15.2. The summed E-state index contributed by atoms with van der Waals surface area (Å²) in [6.07, 6.45) is 4.93. The zero-order valence-corrected chi connectivity index (χ0v) is 17.1. The van der Waals surface area contributed by atoms with Crippen LogP contribution in [0.1, 0.15) is 15.9 Å². The standard InChI is InChI=1S/C24H20N4O3/c1-30-22-11-5-7-17(23(22)31-2)15-26-28-24(29)19-13-21(16-8-6-12-25-14-16)27-20-10-4-3-9-18(19)20/h3-15H,1-2H3,(H,28,29). The first kappa shape index (κ1) is 20.0. The molecule has 0 atom stereocenters. The van der Waals surface area contributed by atoms with Crippen LogP contribution in [0.15, 0.2) is 78.2 Å². The molecule has 31 heavy (non-hydrogen) atoms. The first-order valence-electron chi connectivity index (χ1n) is 9.56. The summed E-state index contributed by atoms with van der Waals surface area (Å²) in [5, 5.41) is 4.86. The molecule has 2 aromatic carbocycles. The van der Waals surface area contributed by atoms with Crippen LogP contribution >= 0.6 is 0 Å². The van der Waals surface area contributed by atoms with Gasteiger partial charge in [-0.3, -0.25) is 9.78 Å². The molecule has 0 aliphatic heterocycles. The Morgan fingerprint density at radius 2 is 1.90 bits per heavy atom. The predicted molar refractivity (Wildman–Crippen MR) is 120 cm³/mol. The lowest BCUT2D eigenvalue weighted by molar-refractivity contribution is 0.0956. The summed E-state index contributed by atoms with van der Waals surface area (Å²) >= 11 is 0. The van der Waals surface area contributed by atoms with Crippen molar-refractivity contribution in [1.82, 2.24) is 15.4 Å². The van der Waals surface area contributed by atoms with Gasteiger partial charge >= 0.3 is 0 Å². The van der Waals surface area contributed by atoms with Crippen molar-refractivity contribution in [2.45, 2.75) is 0 Å². The van der Waals surface area contributed by atoms with Crippen LogP contribution in [-0.2, 0) is 0 Å². The molecule has 7 heteroatoms. The Kier molecular flexibility index (Phi) is 5.84. The summed E-state index contributed by atoms with van der Waals surface area (Å²) in [7, 11) is 3.12. The summed E-state index contributed by atoms with van der Waals surface area (Å²) in [6, 6.07) is 18.4. The van der Waals surface area contributed by atoms with Crippen LogP contribution < -0.4 is 14.9 Å². The van der Waals surface area contributed by atoms with Gasteiger partial charge in [0.25, 0.3) is 5.91 Å². The van der Waals surface area contributed by atoms with Crippen LogP contribution in [0, 0.1) is 0 Å². The van der Waals surface area contributed by atoms with E-state index in [1.54, 1.807) is 38.7 Å². The third-order valence-electron chi connectivity index (χ3n) is 4.72. The normalized spacial score (nSPS) is 10.9. The molecule has 0 fully saturated rings. The smallest absolute Gasteiger partial charge is 0.272 e. The minimum absolute atomic E-state index is 0.346. The Morgan fingerprint density at radius 1 is 1.03 bits per heavy atom. The van der Waals surface area contributed by atoms with Crippen LogP contribution in [0.4, 0.5) is 0 Å². The van der Waals surface area contributed by atoms with Gasteiger partial charge < -0.3 is 9.47 Å². The average molecular weight is 412 g/mol. The van der Waals surface area contributed by atoms with E-state index in [0.29, 0.717) is 33.8 Å². The summed E-state index contributed by atoms with van der Waals surface area (Å²) in [5.74, 6) is 0.775. The SMILES string of the molecule is COc1cccc(C=NNC(=O)c2cc(-c3cccnc3)nc3ccccc23)c1OC. The Balaban J connectivity index is 1.66. The Bertz CT molecular complexity index is 1260. The molecule has 1 amide bonds. The van der Waals surface area contributed by atoms with Crippen LogP contribution in [0.3, 0.4) is 0 Å². The number of hydrogen-bond acceptors (Lipinski definition) is 6. The van der Waals surface area contributed by atoms with E-state index >= 15 is 0 Å². The average Bonchev–Trinajstić information content (AvgIpc) is 2.83. The number of aromatic nitrogens is 2. The number of ether oxygens (including phenoxy) is 2. The fourth-order valence-electron chi connectivity index (χ4n) is 3.26. The Morgan fingerprint density at radius 3 is 2.68 bits per heavy atom. The summed E-state index contributed by atoms with van der Waals surface area (Å²) < 4.78 is 10.7. The van der Waals surface area contributed by atoms with Crippen molar-refractivity contribution in [3.63, 3.8) is 0 Å². The zero-order chi connectivity index (χ0) is 21.6. The molecule has 2 aromatic heterocycles. The van der Waals surface area contributed by atoms with Gasteiger partial charge in [-0.05, 0) is 36.4 Å². The summed E-state index contributed by atoms with van der Waals surface area (Å²) in [5.41, 5.74) is 5.95.